The SMILES string of the molecule is C[C@H](Cc1cccc(C(F)(F)F)c1)NCCO. The third kappa shape index (κ3) is 4.75. The summed E-state index contributed by atoms with van der Waals surface area (Å²) in [5, 5.41) is 11.6. The first-order valence-corrected chi connectivity index (χ1v) is 5.44. The Morgan fingerprint density at radius 3 is 2.65 bits per heavy atom. The highest BCUT2D eigenvalue weighted by Crippen LogP contribution is 2.29. The van der Waals surface area contributed by atoms with Crippen LogP contribution < -0.4 is 5.32 Å². The van der Waals surface area contributed by atoms with Crippen molar-refractivity contribution in [2.75, 3.05) is 13.2 Å². The van der Waals surface area contributed by atoms with Crippen LogP contribution in [-0.2, 0) is 12.6 Å². The van der Waals surface area contributed by atoms with Gasteiger partial charge in [-0.25, -0.2) is 0 Å². The van der Waals surface area contributed by atoms with Gasteiger partial charge >= 0.3 is 6.18 Å². The van der Waals surface area contributed by atoms with Gasteiger partial charge in [0.15, 0.2) is 0 Å². The average molecular weight is 247 g/mol. The topological polar surface area (TPSA) is 32.3 Å². The van der Waals surface area contributed by atoms with Crippen LogP contribution in [0.3, 0.4) is 0 Å². The molecule has 5 heteroatoms. The molecule has 0 spiro atoms. The molecule has 1 atom stereocenters. The Balaban J connectivity index is 2.66. The lowest BCUT2D eigenvalue weighted by atomic mass is 10.0. The van der Waals surface area contributed by atoms with E-state index in [4.69, 9.17) is 5.11 Å². The molecule has 96 valence electrons. The van der Waals surface area contributed by atoms with Gasteiger partial charge in [0.25, 0.3) is 0 Å². The second-order valence-electron chi connectivity index (χ2n) is 3.98. The van der Waals surface area contributed by atoms with E-state index in [0.717, 1.165) is 12.1 Å². The minimum absolute atomic E-state index is 0.0208. The van der Waals surface area contributed by atoms with Gasteiger partial charge in [-0.15, -0.1) is 0 Å². The Morgan fingerprint density at radius 1 is 1.35 bits per heavy atom. The molecule has 0 saturated carbocycles. The molecule has 0 aliphatic heterocycles. The van der Waals surface area contributed by atoms with Crippen LogP contribution in [0.4, 0.5) is 13.2 Å². The highest BCUT2D eigenvalue weighted by atomic mass is 19.4. The first-order chi connectivity index (χ1) is 7.93. The van der Waals surface area contributed by atoms with Crippen LogP contribution in [0, 0.1) is 0 Å². The van der Waals surface area contributed by atoms with Crippen LogP contribution >= 0.6 is 0 Å². The fourth-order valence-corrected chi connectivity index (χ4v) is 1.61. The van der Waals surface area contributed by atoms with E-state index in [2.05, 4.69) is 5.32 Å². The third-order valence-corrected chi connectivity index (χ3v) is 2.40. The van der Waals surface area contributed by atoms with Crippen LogP contribution in [-0.4, -0.2) is 24.3 Å². The minimum Gasteiger partial charge on any atom is -0.395 e. The Morgan fingerprint density at radius 2 is 2.06 bits per heavy atom. The summed E-state index contributed by atoms with van der Waals surface area (Å²) in [6.07, 6.45) is -3.79. The molecule has 0 aliphatic carbocycles. The average Bonchev–Trinajstić information content (AvgIpc) is 2.25. The van der Waals surface area contributed by atoms with Crippen LogP contribution in [0.2, 0.25) is 0 Å². The Bertz CT molecular complexity index is 352. The molecule has 2 N–H and O–H groups in total. The van der Waals surface area contributed by atoms with Gasteiger partial charge in [-0.2, -0.15) is 13.2 Å². The van der Waals surface area contributed by atoms with E-state index in [9.17, 15) is 13.2 Å². The summed E-state index contributed by atoms with van der Waals surface area (Å²) in [7, 11) is 0. The van der Waals surface area contributed by atoms with Gasteiger partial charge in [0, 0.05) is 12.6 Å². The number of benzene rings is 1. The van der Waals surface area contributed by atoms with E-state index in [0.29, 0.717) is 18.5 Å². The molecule has 0 amide bonds. The van der Waals surface area contributed by atoms with Gasteiger partial charge in [0.1, 0.15) is 0 Å². The maximum Gasteiger partial charge on any atom is 0.416 e. The molecule has 0 unspecified atom stereocenters. The highest BCUT2D eigenvalue weighted by Gasteiger charge is 2.30. The lowest BCUT2D eigenvalue weighted by molar-refractivity contribution is -0.137. The van der Waals surface area contributed by atoms with Gasteiger partial charge in [-0.3, -0.25) is 0 Å². The number of alkyl halides is 3. The van der Waals surface area contributed by atoms with Crippen molar-refractivity contribution in [2.24, 2.45) is 0 Å². The van der Waals surface area contributed by atoms with Crippen LogP contribution in [0.1, 0.15) is 18.1 Å². The number of hydrogen-bond acceptors (Lipinski definition) is 2. The molecule has 0 fully saturated rings. The Kier molecular flexibility index (Phi) is 4.96. The maximum atomic E-state index is 12.5. The lowest BCUT2D eigenvalue weighted by Gasteiger charge is -2.14. The summed E-state index contributed by atoms with van der Waals surface area (Å²) >= 11 is 0. The number of nitrogens with one attached hydrogen (secondary N) is 1. The molecule has 2 nitrogen and oxygen atoms in total. The zero-order chi connectivity index (χ0) is 12.9. The zero-order valence-electron chi connectivity index (χ0n) is 9.59. The normalized spacial score (nSPS) is 13.7. The molecule has 0 aromatic heterocycles. The van der Waals surface area contributed by atoms with E-state index < -0.39 is 11.7 Å². The number of rotatable bonds is 5. The predicted molar refractivity (Wildman–Crippen MR) is 59.7 cm³/mol. The molecule has 0 bridgehead atoms. The smallest absolute Gasteiger partial charge is 0.395 e. The van der Waals surface area contributed by atoms with Gasteiger partial charge in [0.05, 0.1) is 12.2 Å². The summed E-state index contributed by atoms with van der Waals surface area (Å²) in [6.45, 7) is 2.34. The lowest BCUT2D eigenvalue weighted by Crippen LogP contribution is -2.30. The summed E-state index contributed by atoms with van der Waals surface area (Å²) in [6, 6.07) is 5.35. The van der Waals surface area contributed by atoms with Crippen molar-refractivity contribution in [2.45, 2.75) is 25.6 Å². The molecular formula is C12H16F3NO. The molecule has 1 aromatic rings. The number of aliphatic hydroxyl groups excluding tert-OH is 1. The van der Waals surface area contributed by atoms with Crippen molar-refractivity contribution in [3.8, 4) is 0 Å². The van der Waals surface area contributed by atoms with Gasteiger partial charge in [0.2, 0.25) is 0 Å². The van der Waals surface area contributed by atoms with Crippen molar-refractivity contribution in [1.82, 2.24) is 5.32 Å². The molecule has 0 saturated heterocycles. The van der Waals surface area contributed by atoms with Crippen LogP contribution in [0.25, 0.3) is 0 Å². The molecule has 1 rings (SSSR count). The number of aliphatic hydroxyl groups is 1. The van der Waals surface area contributed by atoms with Gasteiger partial charge < -0.3 is 10.4 Å². The van der Waals surface area contributed by atoms with Crippen molar-refractivity contribution in [3.05, 3.63) is 35.4 Å². The second-order valence-corrected chi connectivity index (χ2v) is 3.98. The highest BCUT2D eigenvalue weighted by molar-refractivity contribution is 5.26. The van der Waals surface area contributed by atoms with Gasteiger partial charge in [-0.1, -0.05) is 18.2 Å². The largest absolute Gasteiger partial charge is 0.416 e. The van der Waals surface area contributed by atoms with E-state index in [1.54, 1.807) is 6.07 Å². The monoisotopic (exact) mass is 247 g/mol. The van der Waals surface area contributed by atoms with Gasteiger partial charge in [-0.05, 0) is 25.0 Å². The fourth-order valence-electron chi connectivity index (χ4n) is 1.61. The standard InChI is InChI=1S/C12H16F3NO/c1-9(16-5-6-17)7-10-3-2-4-11(8-10)12(13,14)15/h2-4,8-9,16-17H,5-7H2,1H3/t9-/m1/s1. The fraction of sp³-hybridized carbons (Fsp3) is 0.500. The molecule has 0 radical (unpaired) electrons. The molecule has 1 aromatic carbocycles. The Labute approximate surface area is 98.5 Å². The zero-order valence-corrected chi connectivity index (χ0v) is 9.59. The summed E-state index contributed by atoms with van der Waals surface area (Å²) in [4.78, 5) is 0. The second kappa shape index (κ2) is 6.02. The first-order valence-electron chi connectivity index (χ1n) is 5.44. The molecule has 0 heterocycles. The predicted octanol–water partition coefficient (Wildman–Crippen LogP) is 2.22. The third-order valence-electron chi connectivity index (χ3n) is 2.40. The maximum absolute atomic E-state index is 12.5. The van der Waals surface area contributed by atoms with E-state index in [1.807, 2.05) is 6.92 Å². The summed E-state index contributed by atoms with van der Waals surface area (Å²) in [5.41, 5.74) is 0.0159. The number of halogens is 3. The molecular weight excluding hydrogens is 231 g/mol. The van der Waals surface area contributed by atoms with E-state index in [1.165, 1.54) is 6.07 Å². The van der Waals surface area contributed by atoms with Crippen LogP contribution in [0.15, 0.2) is 24.3 Å². The van der Waals surface area contributed by atoms with Crippen molar-refractivity contribution in [3.63, 3.8) is 0 Å². The molecule has 17 heavy (non-hydrogen) atoms. The van der Waals surface area contributed by atoms with Crippen molar-refractivity contribution >= 4 is 0 Å². The first kappa shape index (κ1) is 14.0. The van der Waals surface area contributed by atoms with E-state index >= 15 is 0 Å². The quantitative estimate of drug-likeness (QED) is 0.836. The minimum atomic E-state index is -4.29. The summed E-state index contributed by atoms with van der Waals surface area (Å²) in [5.74, 6) is 0. The van der Waals surface area contributed by atoms with Crippen molar-refractivity contribution < 1.29 is 18.3 Å². The Hall–Kier alpha value is -1.07. The molecule has 0 aliphatic rings. The number of hydrogen-bond donors (Lipinski definition) is 2. The van der Waals surface area contributed by atoms with E-state index in [-0.39, 0.29) is 12.6 Å². The summed E-state index contributed by atoms with van der Waals surface area (Å²) < 4.78 is 37.4. The van der Waals surface area contributed by atoms with Crippen LogP contribution in [0.5, 0.6) is 0 Å². The van der Waals surface area contributed by atoms with Crippen molar-refractivity contribution in [1.29, 1.82) is 0 Å².